The molecule has 5 heteroatoms. The molecule has 138 valence electrons. The second-order valence-corrected chi connectivity index (χ2v) is 7.31. The van der Waals surface area contributed by atoms with Crippen LogP contribution in [0.15, 0.2) is 59.1 Å². The first-order chi connectivity index (χ1) is 13.1. The van der Waals surface area contributed by atoms with Crippen molar-refractivity contribution in [1.82, 2.24) is 15.0 Å². The Kier molecular flexibility index (Phi) is 4.75. The van der Waals surface area contributed by atoms with Gasteiger partial charge in [-0.3, -0.25) is 4.79 Å². The van der Waals surface area contributed by atoms with Crippen LogP contribution in [0.2, 0.25) is 0 Å². The molecule has 0 radical (unpaired) electrons. The summed E-state index contributed by atoms with van der Waals surface area (Å²) < 4.78 is 5.54. The van der Waals surface area contributed by atoms with Gasteiger partial charge in [0.05, 0.1) is 12.3 Å². The van der Waals surface area contributed by atoms with Crippen LogP contribution in [-0.2, 0) is 11.2 Å². The average Bonchev–Trinajstić information content (AvgIpc) is 3.31. The van der Waals surface area contributed by atoms with Gasteiger partial charge in [0.2, 0.25) is 17.6 Å². The molecule has 0 N–H and O–H groups in total. The molecule has 2 aromatic carbocycles. The number of carbonyl (C=O) groups excluding carboxylic acids is 1. The molecular weight excluding hydrogens is 338 g/mol. The van der Waals surface area contributed by atoms with Gasteiger partial charge >= 0.3 is 0 Å². The normalized spacial score (nSPS) is 19.4. The van der Waals surface area contributed by atoms with Gasteiger partial charge in [-0.25, -0.2) is 0 Å². The molecule has 2 atom stereocenters. The summed E-state index contributed by atoms with van der Waals surface area (Å²) in [5.41, 5.74) is 3.17. The van der Waals surface area contributed by atoms with Gasteiger partial charge in [-0.05, 0) is 24.0 Å². The number of hydrogen-bond donors (Lipinski definition) is 0. The van der Waals surface area contributed by atoms with Crippen LogP contribution in [0.4, 0.5) is 0 Å². The molecule has 1 aromatic heterocycles. The molecular formula is C22H23N3O2. The first-order valence-corrected chi connectivity index (χ1v) is 9.33. The predicted octanol–water partition coefficient (Wildman–Crippen LogP) is 3.85. The molecule has 4 rings (SSSR count). The van der Waals surface area contributed by atoms with E-state index < -0.39 is 0 Å². The van der Waals surface area contributed by atoms with E-state index in [4.69, 9.17) is 4.52 Å². The SMILES string of the molecule is Cc1ccccc1CC(=O)N1CC(C)C(c2nc(-c3ccccc3)no2)C1. The smallest absolute Gasteiger partial charge is 0.232 e. The molecule has 1 aliphatic rings. The highest BCUT2D eigenvalue weighted by Crippen LogP contribution is 2.32. The molecule has 1 amide bonds. The lowest BCUT2D eigenvalue weighted by molar-refractivity contribution is -0.129. The first kappa shape index (κ1) is 17.5. The summed E-state index contributed by atoms with van der Waals surface area (Å²) >= 11 is 0. The molecule has 27 heavy (non-hydrogen) atoms. The number of rotatable bonds is 4. The maximum atomic E-state index is 12.8. The maximum Gasteiger partial charge on any atom is 0.232 e. The fraction of sp³-hybridized carbons (Fsp3) is 0.318. The largest absolute Gasteiger partial charge is 0.341 e. The molecule has 1 fully saturated rings. The Hall–Kier alpha value is -2.95. The summed E-state index contributed by atoms with van der Waals surface area (Å²) in [6, 6.07) is 17.8. The van der Waals surface area contributed by atoms with Crippen LogP contribution in [0.3, 0.4) is 0 Å². The van der Waals surface area contributed by atoms with Gasteiger partial charge in [-0.2, -0.15) is 4.98 Å². The van der Waals surface area contributed by atoms with Crippen molar-refractivity contribution in [1.29, 1.82) is 0 Å². The Morgan fingerprint density at radius 2 is 1.85 bits per heavy atom. The Balaban J connectivity index is 1.46. The first-order valence-electron chi connectivity index (χ1n) is 9.33. The summed E-state index contributed by atoms with van der Waals surface area (Å²) in [5.74, 6) is 1.74. The quantitative estimate of drug-likeness (QED) is 0.708. The van der Waals surface area contributed by atoms with Crippen molar-refractivity contribution in [3.05, 3.63) is 71.6 Å². The van der Waals surface area contributed by atoms with Gasteiger partial charge in [0, 0.05) is 18.7 Å². The zero-order valence-electron chi connectivity index (χ0n) is 15.6. The van der Waals surface area contributed by atoms with E-state index in [1.807, 2.05) is 66.4 Å². The fourth-order valence-corrected chi connectivity index (χ4v) is 3.67. The van der Waals surface area contributed by atoms with Crippen molar-refractivity contribution >= 4 is 5.91 Å². The molecule has 2 unspecified atom stereocenters. The van der Waals surface area contributed by atoms with Crippen LogP contribution < -0.4 is 0 Å². The number of benzene rings is 2. The van der Waals surface area contributed by atoms with E-state index in [2.05, 4.69) is 17.1 Å². The second-order valence-electron chi connectivity index (χ2n) is 7.31. The molecule has 0 saturated carbocycles. The van der Waals surface area contributed by atoms with Crippen molar-refractivity contribution in [2.45, 2.75) is 26.2 Å². The van der Waals surface area contributed by atoms with Crippen LogP contribution in [0, 0.1) is 12.8 Å². The Bertz CT molecular complexity index is 935. The number of nitrogens with zero attached hydrogens (tertiary/aromatic N) is 3. The summed E-state index contributed by atoms with van der Waals surface area (Å²) in [7, 11) is 0. The molecule has 0 aliphatic carbocycles. The number of aromatic nitrogens is 2. The fourth-order valence-electron chi connectivity index (χ4n) is 3.67. The van der Waals surface area contributed by atoms with Crippen molar-refractivity contribution < 1.29 is 9.32 Å². The topological polar surface area (TPSA) is 59.2 Å². The van der Waals surface area contributed by atoms with E-state index in [1.54, 1.807) is 0 Å². The third kappa shape index (κ3) is 3.63. The van der Waals surface area contributed by atoms with Gasteiger partial charge in [-0.1, -0.05) is 66.7 Å². The van der Waals surface area contributed by atoms with Gasteiger partial charge in [0.1, 0.15) is 0 Å². The van der Waals surface area contributed by atoms with E-state index in [9.17, 15) is 4.79 Å². The average molecular weight is 361 g/mol. The lowest BCUT2D eigenvalue weighted by atomic mass is 9.98. The summed E-state index contributed by atoms with van der Waals surface area (Å²) in [5, 5.41) is 4.13. The highest BCUT2D eigenvalue weighted by atomic mass is 16.5. The second kappa shape index (κ2) is 7.35. The highest BCUT2D eigenvalue weighted by molar-refractivity contribution is 5.79. The van der Waals surface area contributed by atoms with Crippen LogP contribution in [0.25, 0.3) is 11.4 Å². The number of hydrogen-bond acceptors (Lipinski definition) is 4. The summed E-state index contributed by atoms with van der Waals surface area (Å²) in [4.78, 5) is 19.3. The third-order valence-electron chi connectivity index (χ3n) is 5.36. The predicted molar refractivity (Wildman–Crippen MR) is 103 cm³/mol. The molecule has 0 spiro atoms. The van der Waals surface area contributed by atoms with E-state index in [0.717, 1.165) is 23.2 Å². The number of amides is 1. The lowest BCUT2D eigenvalue weighted by Crippen LogP contribution is -2.30. The zero-order chi connectivity index (χ0) is 18.8. The maximum absolute atomic E-state index is 12.8. The third-order valence-corrected chi connectivity index (χ3v) is 5.36. The minimum Gasteiger partial charge on any atom is -0.341 e. The lowest BCUT2D eigenvalue weighted by Gasteiger charge is -2.16. The van der Waals surface area contributed by atoms with Crippen LogP contribution in [-0.4, -0.2) is 34.0 Å². The standard InChI is InChI=1S/C22H23N3O2/c1-15-8-6-7-11-18(15)12-20(26)25-13-16(2)19(14-25)22-23-21(24-27-22)17-9-4-3-5-10-17/h3-11,16,19H,12-14H2,1-2H3. The van der Waals surface area contributed by atoms with Gasteiger partial charge in [-0.15, -0.1) is 0 Å². The van der Waals surface area contributed by atoms with E-state index in [1.165, 1.54) is 0 Å². The molecule has 5 nitrogen and oxygen atoms in total. The summed E-state index contributed by atoms with van der Waals surface area (Å²) in [6.07, 6.45) is 0.436. The van der Waals surface area contributed by atoms with Gasteiger partial charge in [0.25, 0.3) is 0 Å². The van der Waals surface area contributed by atoms with Gasteiger partial charge in [0.15, 0.2) is 0 Å². The number of likely N-dealkylation sites (tertiary alicyclic amines) is 1. The van der Waals surface area contributed by atoms with E-state index in [-0.39, 0.29) is 17.7 Å². The van der Waals surface area contributed by atoms with Crippen molar-refractivity contribution in [3.8, 4) is 11.4 Å². The molecule has 2 heterocycles. The van der Waals surface area contributed by atoms with E-state index in [0.29, 0.717) is 24.7 Å². The Morgan fingerprint density at radius 1 is 1.11 bits per heavy atom. The highest BCUT2D eigenvalue weighted by Gasteiger charge is 2.36. The van der Waals surface area contributed by atoms with Crippen molar-refractivity contribution in [3.63, 3.8) is 0 Å². The monoisotopic (exact) mass is 361 g/mol. The molecule has 3 aromatic rings. The van der Waals surface area contributed by atoms with Crippen LogP contribution in [0.1, 0.15) is 29.9 Å². The molecule has 1 aliphatic heterocycles. The Labute approximate surface area is 159 Å². The summed E-state index contributed by atoms with van der Waals surface area (Å²) in [6.45, 7) is 5.53. The molecule has 0 bridgehead atoms. The van der Waals surface area contributed by atoms with E-state index >= 15 is 0 Å². The number of aryl methyl sites for hydroxylation is 1. The minimum atomic E-state index is 0.0794. The minimum absolute atomic E-state index is 0.0794. The van der Waals surface area contributed by atoms with Crippen LogP contribution >= 0.6 is 0 Å². The molecule has 1 saturated heterocycles. The van der Waals surface area contributed by atoms with Gasteiger partial charge < -0.3 is 9.42 Å². The van der Waals surface area contributed by atoms with Crippen LogP contribution in [0.5, 0.6) is 0 Å². The van der Waals surface area contributed by atoms with Crippen molar-refractivity contribution in [2.24, 2.45) is 5.92 Å². The number of carbonyl (C=O) groups is 1. The Morgan fingerprint density at radius 3 is 2.63 bits per heavy atom. The van der Waals surface area contributed by atoms with Crippen molar-refractivity contribution in [2.75, 3.05) is 13.1 Å². The zero-order valence-corrected chi connectivity index (χ0v) is 15.6.